The fraction of sp³-hybridized carbons (Fsp3) is 0.500. The Kier molecular flexibility index (Phi) is 7.88. The molecule has 0 aliphatic carbocycles. The van der Waals surface area contributed by atoms with Crippen LogP contribution in [0.5, 0.6) is 0 Å². The number of thiol groups is 1. The standard InChI is InChI=1S/C22H26F2N9O8PS/c23-8-4-32(18-13(8)17(25)27-6-28-18)12-3-9(35)11(39-12)5-38-42(37,43)41-16-14(24)10(1-2-34)40-21(16)33-7-29-15-19(33)30-22(26)31-20(15)36/h4,6-7,9-12,14,16,21,34-35H,1-3,5H2,(H,37,43)(H2,25,27,28)(H3,26,30,31,36)/t9-,10+,11+,12+,14+,16+,21+,42?/m0/s1. The summed E-state index contributed by atoms with van der Waals surface area (Å²) in [6.45, 7) is -5.32. The van der Waals surface area contributed by atoms with E-state index in [9.17, 15) is 24.0 Å². The number of aliphatic hydroxyl groups excluding tert-OH is 2. The zero-order chi connectivity index (χ0) is 30.6. The highest BCUT2D eigenvalue weighted by Crippen LogP contribution is 2.57. The van der Waals surface area contributed by atoms with Gasteiger partial charge in [0.1, 0.15) is 30.6 Å². The molecule has 232 valence electrons. The smallest absolute Gasteiger partial charge is 0.386 e. The number of nitrogens with two attached hydrogens (primary N) is 2. The van der Waals surface area contributed by atoms with Crippen LogP contribution in [0.1, 0.15) is 25.3 Å². The number of H-pyrrole nitrogens is 1. The molecule has 0 radical (unpaired) electrons. The maximum atomic E-state index is 15.5. The molecular formula is C22H26F2N9O8PS. The number of nitrogen functional groups attached to an aromatic ring is 2. The first-order valence-electron chi connectivity index (χ1n) is 12.9. The van der Waals surface area contributed by atoms with Gasteiger partial charge in [0, 0.05) is 19.2 Å². The SMILES string of the molecule is Nc1nc2c(ncn2[C@@H]2O[C@H](CCO)[C@@H](F)[C@H]2OP(=O)(S)OC[C@H]2O[C@@H](n3cc(F)c4c(N)ncnc43)C[C@@H]2O)c(=O)[nH]1. The number of alkyl halides is 1. The molecule has 4 aromatic heterocycles. The van der Waals surface area contributed by atoms with E-state index in [0.29, 0.717) is 0 Å². The quantitative estimate of drug-likeness (QED) is 0.108. The van der Waals surface area contributed by atoms with Crippen molar-refractivity contribution in [3.8, 4) is 0 Å². The highest BCUT2D eigenvalue weighted by Gasteiger charge is 2.50. The van der Waals surface area contributed by atoms with Gasteiger partial charge in [-0.3, -0.25) is 23.4 Å². The van der Waals surface area contributed by atoms with Gasteiger partial charge in [0.2, 0.25) is 5.95 Å². The Morgan fingerprint density at radius 1 is 1.21 bits per heavy atom. The minimum Gasteiger partial charge on any atom is -0.396 e. The summed E-state index contributed by atoms with van der Waals surface area (Å²) >= 11 is 3.99. The zero-order valence-electron chi connectivity index (χ0n) is 21.9. The van der Waals surface area contributed by atoms with Crippen LogP contribution in [-0.2, 0) is 23.1 Å². The summed E-state index contributed by atoms with van der Waals surface area (Å²) in [5, 5.41) is 20.0. The van der Waals surface area contributed by atoms with E-state index >= 15 is 4.39 Å². The number of anilines is 2. The van der Waals surface area contributed by atoms with Crippen molar-refractivity contribution in [1.29, 1.82) is 0 Å². The van der Waals surface area contributed by atoms with Crippen molar-refractivity contribution in [3.05, 3.63) is 35.0 Å². The molecule has 4 aromatic rings. The van der Waals surface area contributed by atoms with Gasteiger partial charge >= 0.3 is 6.80 Å². The van der Waals surface area contributed by atoms with E-state index in [1.54, 1.807) is 0 Å². The Hall–Kier alpha value is -3.23. The molecule has 0 bridgehead atoms. The van der Waals surface area contributed by atoms with Crippen LogP contribution in [0.25, 0.3) is 22.2 Å². The lowest BCUT2D eigenvalue weighted by Gasteiger charge is -2.25. The monoisotopic (exact) mass is 645 g/mol. The summed E-state index contributed by atoms with van der Waals surface area (Å²) in [6, 6.07) is 0. The topological polar surface area (TPSA) is 241 Å². The van der Waals surface area contributed by atoms with Gasteiger partial charge in [0.25, 0.3) is 5.56 Å². The fourth-order valence-corrected chi connectivity index (χ4v) is 6.64. The van der Waals surface area contributed by atoms with E-state index in [0.717, 1.165) is 18.9 Å². The molecule has 17 nitrogen and oxygen atoms in total. The van der Waals surface area contributed by atoms with E-state index < -0.39 is 74.4 Å². The molecule has 0 amide bonds. The summed E-state index contributed by atoms with van der Waals surface area (Å²) in [4.78, 5) is 30.3. The Balaban J connectivity index is 1.18. The number of fused-ring (bicyclic) bond motifs is 2. The number of imidazole rings is 1. The van der Waals surface area contributed by atoms with Crippen molar-refractivity contribution >= 4 is 53.0 Å². The number of aliphatic hydroxyl groups is 2. The molecule has 6 heterocycles. The van der Waals surface area contributed by atoms with Crippen LogP contribution < -0.4 is 17.0 Å². The van der Waals surface area contributed by atoms with Crippen LogP contribution in [0, 0.1) is 5.82 Å². The largest absolute Gasteiger partial charge is 0.396 e. The highest BCUT2D eigenvalue weighted by atomic mass is 32.7. The lowest BCUT2D eigenvalue weighted by atomic mass is 10.1. The van der Waals surface area contributed by atoms with Crippen LogP contribution in [0.4, 0.5) is 20.5 Å². The summed E-state index contributed by atoms with van der Waals surface area (Å²) in [5.74, 6) is -0.980. The number of hydrogen-bond donors (Lipinski definition) is 6. The predicted molar refractivity (Wildman–Crippen MR) is 147 cm³/mol. The molecule has 7 N–H and O–H groups in total. The number of aromatic nitrogens is 7. The van der Waals surface area contributed by atoms with Crippen molar-refractivity contribution in [2.24, 2.45) is 0 Å². The molecular weight excluding hydrogens is 619 g/mol. The van der Waals surface area contributed by atoms with Gasteiger partial charge in [0.15, 0.2) is 35.0 Å². The first kappa shape index (κ1) is 29.8. The second-order valence-electron chi connectivity index (χ2n) is 9.91. The molecule has 2 aliphatic heterocycles. The Morgan fingerprint density at radius 2 is 2.00 bits per heavy atom. The maximum absolute atomic E-state index is 15.5. The van der Waals surface area contributed by atoms with Gasteiger partial charge in [-0.2, -0.15) is 4.98 Å². The molecule has 43 heavy (non-hydrogen) atoms. The Bertz CT molecular complexity index is 1770. The maximum Gasteiger partial charge on any atom is 0.386 e. The summed E-state index contributed by atoms with van der Waals surface area (Å²) in [5.41, 5.74) is 10.7. The van der Waals surface area contributed by atoms with Crippen molar-refractivity contribution in [1.82, 2.24) is 34.1 Å². The molecule has 2 fully saturated rings. The highest BCUT2D eigenvalue weighted by molar-refractivity contribution is 8.44. The second kappa shape index (κ2) is 11.4. The summed E-state index contributed by atoms with van der Waals surface area (Å²) in [6.07, 6.45) is -5.91. The molecule has 0 saturated carbocycles. The van der Waals surface area contributed by atoms with E-state index in [1.807, 2.05) is 0 Å². The number of nitrogens with one attached hydrogen (secondary N) is 1. The molecule has 8 atom stereocenters. The second-order valence-corrected chi connectivity index (χ2v) is 12.8. The summed E-state index contributed by atoms with van der Waals surface area (Å²) < 4.78 is 68.3. The van der Waals surface area contributed by atoms with Gasteiger partial charge in [-0.05, 0) is 6.42 Å². The fourth-order valence-electron chi connectivity index (χ4n) is 5.19. The van der Waals surface area contributed by atoms with Crippen molar-refractivity contribution in [2.45, 2.75) is 55.9 Å². The van der Waals surface area contributed by atoms with Crippen LogP contribution in [0.3, 0.4) is 0 Å². The van der Waals surface area contributed by atoms with Crippen molar-refractivity contribution in [3.63, 3.8) is 0 Å². The average Bonchev–Trinajstić information content (AvgIpc) is 3.69. The number of hydrogen-bond acceptors (Lipinski definition) is 14. The van der Waals surface area contributed by atoms with Gasteiger partial charge in [-0.25, -0.2) is 28.3 Å². The minimum absolute atomic E-state index is 0.00418. The lowest BCUT2D eigenvalue weighted by Crippen LogP contribution is -2.31. The molecule has 1 unspecified atom stereocenters. The minimum atomic E-state index is -4.39. The van der Waals surface area contributed by atoms with Crippen LogP contribution in [0.15, 0.2) is 23.6 Å². The van der Waals surface area contributed by atoms with E-state index in [1.165, 1.54) is 9.13 Å². The van der Waals surface area contributed by atoms with Gasteiger partial charge < -0.3 is 35.7 Å². The zero-order valence-corrected chi connectivity index (χ0v) is 23.7. The first-order chi connectivity index (χ1) is 20.5. The number of rotatable bonds is 9. The molecule has 21 heteroatoms. The molecule has 2 saturated heterocycles. The van der Waals surface area contributed by atoms with E-state index in [-0.39, 0.29) is 46.8 Å². The van der Waals surface area contributed by atoms with E-state index in [2.05, 4.69) is 37.2 Å². The van der Waals surface area contributed by atoms with E-state index in [4.69, 9.17) is 30.0 Å². The first-order valence-corrected chi connectivity index (χ1v) is 15.6. The van der Waals surface area contributed by atoms with Crippen LogP contribution >= 0.6 is 19.0 Å². The normalized spacial score (nSPS) is 29.1. The molecule has 0 spiro atoms. The third-order valence-corrected chi connectivity index (χ3v) is 8.78. The van der Waals surface area contributed by atoms with Gasteiger partial charge in [-0.15, -0.1) is 0 Å². The average molecular weight is 646 g/mol. The van der Waals surface area contributed by atoms with Crippen LogP contribution in [-0.4, -0.2) is 88.1 Å². The molecule has 6 rings (SSSR count). The van der Waals surface area contributed by atoms with Crippen molar-refractivity contribution in [2.75, 3.05) is 24.7 Å². The number of nitrogens with zero attached hydrogens (tertiary/aromatic N) is 6. The van der Waals surface area contributed by atoms with Gasteiger partial charge in [0.05, 0.1) is 30.5 Å². The number of aromatic amines is 1. The number of halogens is 2. The lowest BCUT2D eigenvalue weighted by molar-refractivity contribution is -0.0481. The summed E-state index contributed by atoms with van der Waals surface area (Å²) in [7, 11) is 0. The third kappa shape index (κ3) is 5.48. The van der Waals surface area contributed by atoms with Gasteiger partial charge in [-0.1, -0.05) is 12.2 Å². The predicted octanol–water partition coefficient (Wildman–Crippen LogP) is 0.574. The van der Waals surface area contributed by atoms with Crippen LogP contribution in [0.2, 0.25) is 0 Å². The molecule has 0 aromatic carbocycles. The van der Waals surface area contributed by atoms with Crippen molar-refractivity contribution < 1.29 is 42.1 Å². The number of ether oxygens (including phenoxy) is 2. The Labute approximate surface area is 244 Å². The third-order valence-electron chi connectivity index (χ3n) is 7.17. The molecule has 2 aliphatic rings. The Morgan fingerprint density at radius 3 is 2.77 bits per heavy atom.